The first-order chi connectivity index (χ1) is 24.3. The molecule has 0 spiro atoms. The molecule has 2 fully saturated rings. The van der Waals surface area contributed by atoms with Gasteiger partial charge in [-0.2, -0.15) is 0 Å². The van der Waals surface area contributed by atoms with Crippen molar-refractivity contribution in [2.24, 2.45) is 17.6 Å². The SMILES string of the molecule is NC(NCC1CCN(c2nc(-c3c(F)cccc3F)c3ccccc3n2)C1)C1CCN(c2nc(-c3ccc(F)cc3F)c3ccccc3n2)C1. The summed E-state index contributed by atoms with van der Waals surface area (Å²) in [5.41, 5.74) is 8.70. The summed E-state index contributed by atoms with van der Waals surface area (Å²) in [5, 5.41) is 4.80. The van der Waals surface area contributed by atoms with Crippen LogP contribution in [-0.4, -0.2) is 58.8 Å². The highest BCUT2D eigenvalue weighted by Crippen LogP contribution is 2.34. The fourth-order valence-electron chi connectivity index (χ4n) is 7.13. The van der Waals surface area contributed by atoms with Gasteiger partial charge in [-0.1, -0.05) is 42.5 Å². The first kappa shape index (κ1) is 32.0. The van der Waals surface area contributed by atoms with Gasteiger partial charge < -0.3 is 20.9 Å². The molecule has 0 saturated carbocycles. The summed E-state index contributed by atoms with van der Waals surface area (Å²) >= 11 is 0. The maximum atomic E-state index is 14.9. The highest BCUT2D eigenvalue weighted by Gasteiger charge is 2.32. The topological polar surface area (TPSA) is 96.1 Å². The van der Waals surface area contributed by atoms with Crippen LogP contribution in [0.3, 0.4) is 0 Å². The standard InChI is InChI=1S/C38H34F4N8/c39-24-12-13-25(30(42)18-24)34-26-6-1-3-10-31(26)45-37(47-34)50-17-15-23(21-50)36(43)44-19-22-14-16-49(20-22)38-46-32-11-4-2-7-27(32)35(48-38)33-28(40)8-5-9-29(33)41/h1-13,18,22-23,36,44H,14-17,19-21,43H2. The molecule has 0 bridgehead atoms. The van der Waals surface area contributed by atoms with Crippen molar-refractivity contribution in [2.45, 2.75) is 19.0 Å². The van der Waals surface area contributed by atoms with E-state index < -0.39 is 23.3 Å². The summed E-state index contributed by atoms with van der Waals surface area (Å²) in [7, 11) is 0. The zero-order valence-electron chi connectivity index (χ0n) is 27.0. The minimum Gasteiger partial charge on any atom is -0.340 e. The van der Waals surface area contributed by atoms with Crippen LogP contribution < -0.4 is 20.9 Å². The van der Waals surface area contributed by atoms with Gasteiger partial charge in [0.2, 0.25) is 11.9 Å². The number of fused-ring (bicyclic) bond motifs is 2. The first-order valence-electron chi connectivity index (χ1n) is 16.7. The van der Waals surface area contributed by atoms with Gasteiger partial charge in [-0.25, -0.2) is 37.5 Å². The molecule has 0 aliphatic carbocycles. The molecule has 2 aliphatic rings. The van der Waals surface area contributed by atoms with Crippen LogP contribution in [0.25, 0.3) is 44.3 Å². The molecule has 6 aromatic rings. The lowest BCUT2D eigenvalue weighted by Crippen LogP contribution is -2.47. The maximum Gasteiger partial charge on any atom is 0.226 e. The largest absolute Gasteiger partial charge is 0.340 e. The molecule has 8 nitrogen and oxygen atoms in total. The number of anilines is 2. The predicted molar refractivity (Wildman–Crippen MR) is 186 cm³/mol. The second-order valence-electron chi connectivity index (χ2n) is 13.0. The quantitative estimate of drug-likeness (QED) is 0.136. The Morgan fingerprint density at radius 1 is 0.680 bits per heavy atom. The Morgan fingerprint density at radius 2 is 1.30 bits per heavy atom. The van der Waals surface area contributed by atoms with Crippen molar-refractivity contribution in [3.63, 3.8) is 0 Å². The minimum absolute atomic E-state index is 0.121. The zero-order valence-corrected chi connectivity index (χ0v) is 27.0. The van der Waals surface area contributed by atoms with Crippen molar-refractivity contribution in [2.75, 3.05) is 42.5 Å². The van der Waals surface area contributed by atoms with Crippen molar-refractivity contribution < 1.29 is 17.6 Å². The van der Waals surface area contributed by atoms with Crippen LogP contribution in [0.2, 0.25) is 0 Å². The Morgan fingerprint density at radius 3 is 2.00 bits per heavy atom. The van der Waals surface area contributed by atoms with E-state index >= 15 is 0 Å². The number of nitrogens with one attached hydrogen (secondary N) is 1. The number of benzene rings is 4. The van der Waals surface area contributed by atoms with E-state index in [0.717, 1.165) is 18.9 Å². The third-order valence-corrected chi connectivity index (χ3v) is 9.80. The third kappa shape index (κ3) is 6.09. The molecule has 4 aromatic carbocycles. The van der Waals surface area contributed by atoms with Gasteiger partial charge in [0.05, 0.1) is 34.2 Å². The molecule has 3 unspecified atom stereocenters. The molecule has 3 N–H and O–H groups in total. The van der Waals surface area contributed by atoms with Gasteiger partial charge in [-0.05, 0) is 55.2 Å². The van der Waals surface area contributed by atoms with E-state index in [0.29, 0.717) is 72.1 Å². The van der Waals surface area contributed by atoms with Crippen LogP contribution in [0.5, 0.6) is 0 Å². The minimum atomic E-state index is -0.678. The van der Waals surface area contributed by atoms with E-state index in [1.54, 1.807) is 12.1 Å². The van der Waals surface area contributed by atoms with Crippen LogP contribution in [0.1, 0.15) is 12.8 Å². The van der Waals surface area contributed by atoms with Crippen molar-refractivity contribution in [1.29, 1.82) is 0 Å². The maximum absolute atomic E-state index is 14.9. The van der Waals surface area contributed by atoms with Gasteiger partial charge in [0.1, 0.15) is 23.3 Å². The van der Waals surface area contributed by atoms with Gasteiger partial charge in [0.15, 0.2) is 0 Å². The number of para-hydroxylation sites is 2. The van der Waals surface area contributed by atoms with E-state index in [2.05, 4.69) is 15.1 Å². The molecule has 3 atom stereocenters. The highest BCUT2D eigenvalue weighted by molar-refractivity contribution is 5.94. The van der Waals surface area contributed by atoms with Crippen molar-refractivity contribution in [1.82, 2.24) is 25.3 Å². The number of hydrogen-bond acceptors (Lipinski definition) is 8. The molecule has 50 heavy (non-hydrogen) atoms. The zero-order chi connectivity index (χ0) is 34.4. The fraction of sp³-hybridized carbons (Fsp3) is 0.263. The summed E-state index contributed by atoms with van der Waals surface area (Å²) in [6.07, 6.45) is 1.42. The second-order valence-corrected chi connectivity index (χ2v) is 13.0. The lowest BCUT2D eigenvalue weighted by molar-refractivity contribution is 0.361. The molecular weight excluding hydrogens is 644 g/mol. The van der Waals surface area contributed by atoms with Crippen molar-refractivity contribution >= 4 is 33.7 Å². The van der Waals surface area contributed by atoms with Crippen LogP contribution in [0, 0.1) is 35.1 Å². The van der Waals surface area contributed by atoms with Crippen LogP contribution >= 0.6 is 0 Å². The van der Waals surface area contributed by atoms with Crippen LogP contribution in [-0.2, 0) is 0 Å². The monoisotopic (exact) mass is 678 g/mol. The Labute approximate surface area is 286 Å². The lowest BCUT2D eigenvalue weighted by atomic mass is 10.0. The van der Waals surface area contributed by atoms with E-state index in [1.807, 2.05) is 36.4 Å². The Kier molecular flexibility index (Phi) is 8.49. The molecular formula is C38H34F4N8. The number of halogens is 4. The van der Waals surface area contributed by atoms with E-state index in [4.69, 9.17) is 25.7 Å². The molecule has 2 saturated heterocycles. The average Bonchev–Trinajstić information content (AvgIpc) is 3.81. The Bertz CT molecular complexity index is 2190. The predicted octanol–water partition coefficient (Wildman–Crippen LogP) is 6.69. The van der Waals surface area contributed by atoms with E-state index in [1.165, 1.54) is 30.3 Å². The third-order valence-electron chi connectivity index (χ3n) is 9.80. The smallest absolute Gasteiger partial charge is 0.226 e. The van der Waals surface area contributed by atoms with Gasteiger partial charge in [-0.15, -0.1) is 0 Å². The number of aromatic nitrogens is 4. The number of nitrogens with zero attached hydrogens (tertiary/aromatic N) is 6. The molecule has 4 heterocycles. The van der Waals surface area contributed by atoms with Crippen LogP contribution in [0.15, 0.2) is 84.9 Å². The molecule has 12 heteroatoms. The van der Waals surface area contributed by atoms with Gasteiger partial charge in [0, 0.05) is 61.0 Å². The van der Waals surface area contributed by atoms with Crippen molar-refractivity contribution in [3.8, 4) is 22.5 Å². The van der Waals surface area contributed by atoms with E-state index in [9.17, 15) is 17.6 Å². The number of hydrogen-bond donors (Lipinski definition) is 2. The number of rotatable bonds is 8. The van der Waals surface area contributed by atoms with Gasteiger partial charge in [0.25, 0.3) is 0 Å². The van der Waals surface area contributed by atoms with Gasteiger partial charge in [-0.3, -0.25) is 0 Å². The second kappa shape index (κ2) is 13.3. The molecule has 0 radical (unpaired) electrons. The fourth-order valence-corrected chi connectivity index (χ4v) is 7.13. The van der Waals surface area contributed by atoms with E-state index in [-0.39, 0.29) is 34.8 Å². The van der Waals surface area contributed by atoms with Crippen molar-refractivity contribution in [3.05, 3.63) is 108 Å². The lowest BCUT2D eigenvalue weighted by Gasteiger charge is -2.24. The summed E-state index contributed by atoms with van der Waals surface area (Å²) in [6.45, 7) is 3.35. The first-order valence-corrected chi connectivity index (χ1v) is 16.7. The normalized spacial score (nSPS) is 18.4. The summed E-state index contributed by atoms with van der Waals surface area (Å²) < 4.78 is 58.3. The molecule has 254 valence electrons. The summed E-state index contributed by atoms with van der Waals surface area (Å²) in [6, 6.07) is 22.0. The average molecular weight is 679 g/mol. The Hall–Kier alpha value is -5.20. The molecule has 2 aromatic heterocycles. The van der Waals surface area contributed by atoms with Crippen LogP contribution in [0.4, 0.5) is 29.5 Å². The Balaban J connectivity index is 0.943. The summed E-state index contributed by atoms with van der Waals surface area (Å²) in [4.78, 5) is 23.1. The molecule has 2 aliphatic heterocycles. The summed E-state index contributed by atoms with van der Waals surface area (Å²) in [5.74, 6) is -1.36. The molecule has 0 amide bonds. The molecule has 8 rings (SSSR count). The number of nitrogens with two attached hydrogens (primary N) is 1. The van der Waals surface area contributed by atoms with Gasteiger partial charge >= 0.3 is 0 Å². The highest BCUT2D eigenvalue weighted by atomic mass is 19.1.